The van der Waals surface area contributed by atoms with Gasteiger partial charge >= 0.3 is 6.18 Å². The number of hydrogen-bond donors (Lipinski definition) is 0. The molecule has 3 rings (SSSR count). The van der Waals surface area contributed by atoms with E-state index in [0.717, 1.165) is 6.07 Å². The van der Waals surface area contributed by atoms with Crippen molar-refractivity contribution < 1.29 is 22.7 Å². The van der Waals surface area contributed by atoms with Gasteiger partial charge in [-0.2, -0.15) is 18.2 Å². The van der Waals surface area contributed by atoms with Crippen LogP contribution in [-0.4, -0.2) is 74.3 Å². The van der Waals surface area contributed by atoms with E-state index in [-0.39, 0.29) is 23.6 Å². The van der Waals surface area contributed by atoms with Crippen molar-refractivity contribution in [1.82, 2.24) is 14.9 Å². The van der Waals surface area contributed by atoms with Crippen LogP contribution in [0.2, 0.25) is 0 Å². The van der Waals surface area contributed by atoms with E-state index in [4.69, 9.17) is 4.74 Å². The smallest absolute Gasteiger partial charge is 0.378 e. The molecular formula is C17H24F3N5O2. The number of alkyl halides is 3. The zero-order chi connectivity index (χ0) is 19.6. The Morgan fingerprint density at radius 1 is 1.22 bits per heavy atom. The van der Waals surface area contributed by atoms with Gasteiger partial charge in [0.25, 0.3) is 0 Å². The van der Waals surface area contributed by atoms with Gasteiger partial charge in [-0.3, -0.25) is 4.79 Å². The lowest BCUT2D eigenvalue weighted by atomic mass is 9.96. The van der Waals surface area contributed by atoms with Crippen LogP contribution in [0.3, 0.4) is 0 Å². The molecule has 27 heavy (non-hydrogen) atoms. The molecule has 1 aromatic rings. The lowest BCUT2D eigenvalue weighted by Crippen LogP contribution is -2.48. The quantitative estimate of drug-likeness (QED) is 0.786. The number of morpholine rings is 1. The average molecular weight is 387 g/mol. The van der Waals surface area contributed by atoms with Crippen LogP contribution < -0.4 is 9.80 Å². The minimum absolute atomic E-state index is 0.0213. The molecule has 0 radical (unpaired) electrons. The highest BCUT2D eigenvalue weighted by atomic mass is 19.4. The van der Waals surface area contributed by atoms with Crippen molar-refractivity contribution in [3.05, 3.63) is 11.8 Å². The fourth-order valence-electron chi connectivity index (χ4n) is 3.34. The molecule has 1 amide bonds. The Hall–Kier alpha value is -2.10. The standard InChI is InChI=1S/C17H24F3N5O2/c1-23(2)14-10-13(17(18,19)20)21-16(22-14)25-5-3-4-12(11-25)15(26)24-6-8-27-9-7-24/h10,12H,3-9,11H2,1-2H3. The summed E-state index contributed by atoms with van der Waals surface area (Å²) in [6.07, 6.45) is -3.13. The summed E-state index contributed by atoms with van der Waals surface area (Å²) in [7, 11) is 3.26. The topological polar surface area (TPSA) is 61.8 Å². The molecule has 0 spiro atoms. The van der Waals surface area contributed by atoms with E-state index >= 15 is 0 Å². The predicted octanol–water partition coefficient (Wildman–Crippen LogP) is 1.64. The van der Waals surface area contributed by atoms with E-state index in [1.165, 1.54) is 4.90 Å². The molecule has 1 aromatic heterocycles. The Bertz CT molecular complexity index is 677. The molecule has 3 heterocycles. The molecule has 10 heteroatoms. The van der Waals surface area contributed by atoms with Crippen LogP contribution in [0.15, 0.2) is 6.07 Å². The monoisotopic (exact) mass is 387 g/mol. The Labute approximate surface area is 156 Å². The molecule has 2 fully saturated rings. The molecule has 1 unspecified atom stereocenters. The molecule has 150 valence electrons. The van der Waals surface area contributed by atoms with E-state index in [0.29, 0.717) is 52.2 Å². The second kappa shape index (κ2) is 7.87. The molecule has 7 nitrogen and oxygen atoms in total. The van der Waals surface area contributed by atoms with Gasteiger partial charge in [-0.1, -0.05) is 0 Å². The predicted molar refractivity (Wildman–Crippen MR) is 93.7 cm³/mol. The molecule has 0 saturated carbocycles. The molecule has 2 aliphatic rings. The summed E-state index contributed by atoms with van der Waals surface area (Å²) in [5.74, 6) is -0.0254. The van der Waals surface area contributed by atoms with Crippen LogP contribution in [-0.2, 0) is 15.7 Å². The van der Waals surface area contributed by atoms with Crippen molar-refractivity contribution in [3.8, 4) is 0 Å². The molecule has 2 aliphatic heterocycles. The normalized spacial score (nSPS) is 21.3. The summed E-state index contributed by atoms with van der Waals surface area (Å²) in [4.78, 5) is 25.7. The fraction of sp³-hybridized carbons (Fsp3) is 0.706. The SMILES string of the molecule is CN(C)c1cc(C(F)(F)F)nc(N2CCCC(C(=O)N3CCOCC3)C2)n1. The van der Waals surface area contributed by atoms with Gasteiger partial charge in [0.2, 0.25) is 11.9 Å². The van der Waals surface area contributed by atoms with Gasteiger partial charge in [-0.25, -0.2) is 4.98 Å². The van der Waals surface area contributed by atoms with E-state index in [2.05, 4.69) is 9.97 Å². The number of aromatic nitrogens is 2. The summed E-state index contributed by atoms with van der Waals surface area (Å²) in [5.41, 5.74) is -0.974. The third kappa shape index (κ3) is 4.60. The summed E-state index contributed by atoms with van der Waals surface area (Å²) in [5, 5.41) is 0. The molecule has 1 atom stereocenters. The number of carbonyl (C=O) groups excluding carboxylic acids is 1. The van der Waals surface area contributed by atoms with Crippen molar-refractivity contribution in [2.75, 3.05) is 63.3 Å². The van der Waals surface area contributed by atoms with E-state index < -0.39 is 11.9 Å². The highest BCUT2D eigenvalue weighted by Gasteiger charge is 2.36. The first kappa shape index (κ1) is 19.7. The number of nitrogens with zero attached hydrogens (tertiary/aromatic N) is 5. The maximum Gasteiger partial charge on any atom is 0.433 e. The summed E-state index contributed by atoms with van der Waals surface area (Å²) < 4.78 is 45.0. The largest absolute Gasteiger partial charge is 0.433 e. The lowest BCUT2D eigenvalue weighted by Gasteiger charge is -2.36. The maximum atomic E-state index is 13.2. The van der Waals surface area contributed by atoms with Gasteiger partial charge in [-0.05, 0) is 12.8 Å². The Kier molecular flexibility index (Phi) is 5.73. The Balaban J connectivity index is 1.80. The van der Waals surface area contributed by atoms with E-state index in [1.54, 1.807) is 23.9 Å². The third-order valence-electron chi connectivity index (χ3n) is 4.83. The molecule has 0 N–H and O–H groups in total. The molecule has 2 saturated heterocycles. The number of rotatable bonds is 3. The zero-order valence-electron chi connectivity index (χ0n) is 15.5. The van der Waals surface area contributed by atoms with E-state index in [9.17, 15) is 18.0 Å². The zero-order valence-corrected chi connectivity index (χ0v) is 15.5. The molecule has 0 bridgehead atoms. The number of carbonyl (C=O) groups is 1. The summed E-state index contributed by atoms with van der Waals surface area (Å²) in [6.45, 7) is 3.00. The minimum Gasteiger partial charge on any atom is -0.378 e. The highest BCUT2D eigenvalue weighted by molar-refractivity contribution is 5.79. The number of anilines is 2. The third-order valence-corrected chi connectivity index (χ3v) is 4.83. The number of ether oxygens (including phenoxy) is 1. The average Bonchev–Trinajstić information content (AvgIpc) is 2.67. The van der Waals surface area contributed by atoms with Gasteiger partial charge in [0.05, 0.1) is 19.1 Å². The molecule has 0 aliphatic carbocycles. The second-order valence-corrected chi connectivity index (χ2v) is 7.03. The second-order valence-electron chi connectivity index (χ2n) is 7.03. The van der Waals surface area contributed by atoms with Gasteiger partial charge in [0, 0.05) is 46.3 Å². The first-order valence-electron chi connectivity index (χ1n) is 9.01. The lowest BCUT2D eigenvalue weighted by molar-refractivity contribution is -0.141. The number of piperidine rings is 1. The number of amides is 1. The van der Waals surface area contributed by atoms with Crippen molar-refractivity contribution in [1.29, 1.82) is 0 Å². The Morgan fingerprint density at radius 3 is 2.56 bits per heavy atom. The fourth-order valence-corrected chi connectivity index (χ4v) is 3.34. The van der Waals surface area contributed by atoms with Crippen molar-refractivity contribution in [3.63, 3.8) is 0 Å². The van der Waals surface area contributed by atoms with Gasteiger partial charge in [-0.15, -0.1) is 0 Å². The van der Waals surface area contributed by atoms with Crippen LogP contribution in [0.25, 0.3) is 0 Å². The highest BCUT2D eigenvalue weighted by Crippen LogP contribution is 2.32. The van der Waals surface area contributed by atoms with Crippen LogP contribution in [0.4, 0.5) is 24.9 Å². The minimum atomic E-state index is -4.55. The van der Waals surface area contributed by atoms with Crippen molar-refractivity contribution in [2.45, 2.75) is 19.0 Å². The van der Waals surface area contributed by atoms with Gasteiger partial charge < -0.3 is 19.4 Å². The Morgan fingerprint density at radius 2 is 1.93 bits per heavy atom. The van der Waals surface area contributed by atoms with Crippen molar-refractivity contribution >= 4 is 17.7 Å². The summed E-state index contributed by atoms with van der Waals surface area (Å²) >= 11 is 0. The molecule has 0 aromatic carbocycles. The van der Waals surface area contributed by atoms with E-state index in [1.807, 2.05) is 0 Å². The number of hydrogen-bond acceptors (Lipinski definition) is 6. The number of halogens is 3. The van der Waals surface area contributed by atoms with Gasteiger partial charge in [0.1, 0.15) is 5.82 Å². The maximum absolute atomic E-state index is 13.2. The summed E-state index contributed by atoms with van der Waals surface area (Å²) in [6, 6.07) is 0.934. The van der Waals surface area contributed by atoms with Gasteiger partial charge in [0.15, 0.2) is 5.69 Å². The van der Waals surface area contributed by atoms with Crippen LogP contribution in [0.5, 0.6) is 0 Å². The molecular weight excluding hydrogens is 363 g/mol. The van der Waals surface area contributed by atoms with Crippen molar-refractivity contribution in [2.24, 2.45) is 5.92 Å². The van der Waals surface area contributed by atoms with Crippen LogP contribution >= 0.6 is 0 Å². The first-order valence-corrected chi connectivity index (χ1v) is 9.01. The van der Waals surface area contributed by atoms with Crippen LogP contribution in [0, 0.1) is 5.92 Å². The van der Waals surface area contributed by atoms with Crippen LogP contribution in [0.1, 0.15) is 18.5 Å². The first-order chi connectivity index (χ1) is 12.8.